The topological polar surface area (TPSA) is 69.7 Å². The van der Waals surface area contributed by atoms with E-state index in [0.717, 1.165) is 19.3 Å². The third-order valence-corrected chi connectivity index (χ3v) is 4.08. The Bertz CT molecular complexity index is 628. The van der Waals surface area contributed by atoms with E-state index in [1.54, 1.807) is 6.92 Å². The van der Waals surface area contributed by atoms with Gasteiger partial charge in [-0.3, -0.25) is 4.79 Å². The Morgan fingerprint density at radius 3 is 1.65 bits per heavy atom. The first-order valence-electron chi connectivity index (χ1n) is 8.81. The van der Waals surface area contributed by atoms with Crippen molar-refractivity contribution in [3.8, 4) is 0 Å². The highest BCUT2D eigenvalue weighted by atomic mass is 16.5. The van der Waals surface area contributed by atoms with E-state index in [4.69, 9.17) is 9.47 Å². The van der Waals surface area contributed by atoms with E-state index in [1.807, 2.05) is 0 Å². The first-order chi connectivity index (χ1) is 12.2. The summed E-state index contributed by atoms with van der Waals surface area (Å²) in [5.74, 6) is -1.70. The monoisotopic (exact) mass is 360 g/mol. The molecule has 0 amide bonds. The van der Waals surface area contributed by atoms with Crippen molar-refractivity contribution in [3.05, 3.63) is 46.5 Å². The van der Waals surface area contributed by atoms with Crippen LogP contribution in [-0.4, -0.2) is 30.9 Å². The molecule has 1 rings (SSSR count). The number of esters is 2. The minimum Gasteiger partial charge on any atom is -0.462 e. The van der Waals surface area contributed by atoms with E-state index in [1.165, 1.54) is 29.2 Å². The number of carbonyl (C=O) groups excluding carboxylic acids is 3. The highest BCUT2D eigenvalue weighted by molar-refractivity contribution is 6.32. The summed E-state index contributed by atoms with van der Waals surface area (Å²) in [5.41, 5.74) is 5.23. The van der Waals surface area contributed by atoms with Gasteiger partial charge in [-0.1, -0.05) is 18.7 Å². The highest BCUT2D eigenvalue weighted by Gasteiger charge is 2.09. The molecule has 1 aromatic rings. The van der Waals surface area contributed by atoms with Gasteiger partial charge in [-0.2, -0.15) is 0 Å². The van der Waals surface area contributed by atoms with Crippen LogP contribution < -0.4 is 0 Å². The Morgan fingerprint density at radius 1 is 0.846 bits per heavy atom. The fourth-order valence-corrected chi connectivity index (χ4v) is 2.55. The molecule has 5 heteroatoms. The Labute approximate surface area is 155 Å². The fraction of sp³-hybridized carbons (Fsp3) is 0.476. The van der Waals surface area contributed by atoms with Gasteiger partial charge in [0.2, 0.25) is 5.78 Å². The van der Waals surface area contributed by atoms with Gasteiger partial charge >= 0.3 is 11.9 Å². The van der Waals surface area contributed by atoms with Gasteiger partial charge in [0.15, 0.2) is 0 Å². The second-order valence-electron chi connectivity index (χ2n) is 6.52. The minimum atomic E-state index is -0.777. The average Bonchev–Trinajstić information content (AvgIpc) is 2.58. The molecular formula is C21H28O5. The van der Waals surface area contributed by atoms with Crippen molar-refractivity contribution >= 4 is 17.7 Å². The van der Waals surface area contributed by atoms with Crippen LogP contribution in [0.1, 0.15) is 48.9 Å². The van der Waals surface area contributed by atoms with Gasteiger partial charge in [0, 0.05) is 12.5 Å². The number of benzene rings is 1. The quantitative estimate of drug-likeness (QED) is 0.277. The van der Waals surface area contributed by atoms with Crippen molar-refractivity contribution in [2.24, 2.45) is 0 Å². The van der Waals surface area contributed by atoms with Crippen LogP contribution in [0.3, 0.4) is 0 Å². The molecule has 0 aliphatic rings. The number of hydrogen-bond donors (Lipinski definition) is 0. The van der Waals surface area contributed by atoms with Crippen molar-refractivity contribution in [1.82, 2.24) is 0 Å². The zero-order valence-corrected chi connectivity index (χ0v) is 16.1. The van der Waals surface area contributed by atoms with Crippen LogP contribution in [0, 0.1) is 13.8 Å². The van der Waals surface area contributed by atoms with E-state index < -0.39 is 11.8 Å². The molecule has 0 aliphatic heterocycles. The van der Waals surface area contributed by atoms with E-state index in [2.05, 4.69) is 32.6 Å². The SMILES string of the molecule is C=C(C)C(=O)OCCCc1cc(C)c(CCCOC(=O)C(C)=O)cc1C. The zero-order chi connectivity index (χ0) is 19.7. The molecule has 5 nitrogen and oxygen atoms in total. The molecule has 0 N–H and O–H groups in total. The summed E-state index contributed by atoms with van der Waals surface area (Å²) in [6.45, 7) is 11.1. The normalized spacial score (nSPS) is 10.3. The molecule has 0 saturated carbocycles. The second-order valence-corrected chi connectivity index (χ2v) is 6.52. The number of aryl methyl sites for hydroxylation is 4. The van der Waals surface area contributed by atoms with E-state index in [0.29, 0.717) is 18.6 Å². The minimum absolute atomic E-state index is 0.243. The molecule has 26 heavy (non-hydrogen) atoms. The van der Waals surface area contributed by atoms with Crippen molar-refractivity contribution in [3.63, 3.8) is 0 Å². The van der Waals surface area contributed by atoms with Crippen molar-refractivity contribution in [2.45, 2.75) is 53.4 Å². The third-order valence-electron chi connectivity index (χ3n) is 4.08. The fourth-order valence-electron chi connectivity index (χ4n) is 2.55. The second kappa shape index (κ2) is 10.5. The highest BCUT2D eigenvalue weighted by Crippen LogP contribution is 2.19. The lowest BCUT2D eigenvalue weighted by Crippen LogP contribution is -2.14. The molecule has 0 saturated heterocycles. The van der Waals surface area contributed by atoms with Crippen molar-refractivity contribution in [1.29, 1.82) is 0 Å². The lowest BCUT2D eigenvalue weighted by Gasteiger charge is -2.13. The summed E-state index contributed by atoms with van der Waals surface area (Å²) < 4.78 is 10.0. The molecule has 0 aliphatic carbocycles. The van der Waals surface area contributed by atoms with Crippen molar-refractivity contribution in [2.75, 3.05) is 13.2 Å². The summed E-state index contributed by atoms with van der Waals surface area (Å²) >= 11 is 0. The van der Waals surface area contributed by atoms with Crippen LogP contribution in [0.25, 0.3) is 0 Å². The summed E-state index contributed by atoms with van der Waals surface area (Å²) in [4.78, 5) is 33.3. The molecule has 142 valence electrons. The van der Waals surface area contributed by atoms with Crippen LogP contribution in [-0.2, 0) is 36.7 Å². The Balaban J connectivity index is 2.49. The first kappa shape index (κ1) is 21.6. The van der Waals surface area contributed by atoms with Crippen LogP contribution in [0.2, 0.25) is 0 Å². The molecule has 0 fully saturated rings. The van der Waals surface area contributed by atoms with E-state index >= 15 is 0 Å². The van der Waals surface area contributed by atoms with Crippen LogP contribution in [0.15, 0.2) is 24.3 Å². The maximum atomic E-state index is 11.4. The van der Waals surface area contributed by atoms with E-state index in [9.17, 15) is 14.4 Å². The molecule has 0 bridgehead atoms. The standard InChI is InChI=1S/C21H28O5/c1-14(2)20(23)25-10-6-8-18-12-16(4)19(13-15(18)3)9-7-11-26-21(24)17(5)22/h12-13H,1,6-11H2,2-5H3. The lowest BCUT2D eigenvalue weighted by atomic mass is 9.95. The Morgan fingerprint density at radius 2 is 1.27 bits per heavy atom. The number of rotatable bonds is 10. The van der Waals surface area contributed by atoms with Gasteiger partial charge in [-0.15, -0.1) is 0 Å². The molecule has 0 heterocycles. The molecular weight excluding hydrogens is 332 g/mol. The zero-order valence-electron chi connectivity index (χ0n) is 16.1. The summed E-state index contributed by atoms with van der Waals surface area (Å²) in [5, 5.41) is 0. The lowest BCUT2D eigenvalue weighted by molar-refractivity contribution is -0.153. The maximum Gasteiger partial charge on any atom is 0.374 e. The van der Waals surface area contributed by atoms with Gasteiger partial charge in [-0.25, -0.2) is 9.59 Å². The van der Waals surface area contributed by atoms with Gasteiger partial charge < -0.3 is 9.47 Å². The van der Waals surface area contributed by atoms with Gasteiger partial charge in [0.1, 0.15) is 0 Å². The summed E-state index contributed by atoms with van der Waals surface area (Å²) in [7, 11) is 0. The number of ether oxygens (including phenoxy) is 2. The Hall–Kier alpha value is -2.43. The van der Waals surface area contributed by atoms with Crippen LogP contribution >= 0.6 is 0 Å². The smallest absolute Gasteiger partial charge is 0.374 e. The van der Waals surface area contributed by atoms with Gasteiger partial charge in [0.25, 0.3) is 0 Å². The number of Topliss-reactive ketones (excluding diaryl/α,β-unsaturated/α-hetero) is 1. The predicted molar refractivity (Wildman–Crippen MR) is 100.0 cm³/mol. The first-order valence-corrected chi connectivity index (χ1v) is 8.81. The molecule has 0 radical (unpaired) electrons. The van der Waals surface area contributed by atoms with E-state index in [-0.39, 0.29) is 12.6 Å². The number of carbonyl (C=O) groups is 3. The molecule has 0 spiro atoms. The number of ketones is 1. The van der Waals surface area contributed by atoms with Crippen LogP contribution in [0.5, 0.6) is 0 Å². The largest absolute Gasteiger partial charge is 0.462 e. The average molecular weight is 360 g/mol. The van der Waals surface area contributed by atoms with Gasteiger partial charge in [0.05, 0.1) is 13.2 Å². The summed E-state index contributed by atoms with van der Waals surface area (Å²) in [6, 6.07) is 4.31. The maximum absolute atomic E-state index is 11.4. The molecule has 0 unspecified atom stereocenters. The predicted octanol–water partition coefficient (Wildman–Crippen LogP) is 3.42. The number of hydrogen-bond acceptors (Lipinski definition) is 5. The Kier molecular flexibility index (Phi) is 8.76. The molecule has 1 aromatic carbocycles. The van der Waals surface area contributed by atoms with Crippen LogP contribution in [0.4, 0.5) is 0 Å². The van der Waals surface area contributed by atoms with Gasteiger partial charge in [-0.05, 0) is 68.7 Å². The molecule has 0 atom stereocenters. The summed E-state index contributed by atoms with van der Waals surface area (Å²) in [6.07, 6.45) is 3.07. The van der Waals surface area contributed by atoms with Crippen molar-refractivity contribution < 1.29 is 23.9 Å². The molecule has 0 aromatic heterocycles. The third kappa shape index (κ3) is 7.21.